The molecule has 2 heterocycles. The largest absolute Gasteiger partial charge is 0.481 e. The number of carbonyl (C=O) groups excluding carboxylic acids is 1. The predicted molar refractivity (Wildman–Crippen MR) is 158 cm³/mol. The molecule has 0 saturated heterocycles. The van der Waals surface area contributed by atoms with E-state index in [1.54, 1.807) is 37.3 Å². The Bertz CT molecular complexity index is 1670. The molecule has 0 fully saturated rings. The molecule has 0 radical (unpaired) electrons. The molecule has 2 aromatic carbocycles. The van der Waals surface area contributed by atoms with Crippen LogP contribution in [-0.2, 0) is 18.4 Å². The fraction of sp³-hybridized carbons (Fsp3) is 0.207. The lowest BCUT2D eigenvalue weighted by atomic mass is 10.00. The van der Waals surface area contributed by atoms with Gasteiger partial charge in [0.15, 0.2) is 0 Å². The van der Waals surface area contributed by atoms with Crippen molar-refractivity contribution < 1.29 is 19.4 Å². The molecule has 0 saturated carbocycles. The lowest BCUT2D eigenvalue weighted by molar-refractivity contribution is -0.140. The summed E-state index contributed by atoms with van der Waals surface area (Å²) in [6.45, 7) is 2.30. The van der Waals surface area contributed by atoms with Gasteiger partial charge in [0.1, 0.15) is 5.56 Å². The maximum Gasteiger partial charge on any atom is 0.307 e. The van der Waals surface area contributed by atoms with Crippen molar-refractivity contribution >= 4 is 40.8 Å². The molecule has 10 nitrogen and oxygen atoms in total. The second-order valence-corrected chi connectivity index (χ2v) is 9.95. The Labute approximate surface area is 245 Å². The number of rotatable bonds is 10. The monoisotopic (exact) mass is 595 g/mol. The van der Waals surface area contributed by atoms with E-state index in [-0.39, 0.29) is 10.6 Å². The molecule has 4 rings (SSSR count). The molecule has 0 unspecified atom stereocenters. The Morgan fingerprint density at radius 2 is 1.71 bits per heavy atom. The zero-order valence-electron chi connectivity index (χ0n) is 22.4. The van der Waals surface area contributed by atoms with Crippen molar-refractivity contribution in [2.75, 3.05) is 19.0 Å². The number of carboxylic acid groups (broad SMARTS) is 1. The number of nitrogens with one attached hydrogen (secondary N) is 2. The Hall–Kier alpha value is -4.25. The molecule has 12 heteroatoms. The van der Waals surface area contributed by atoms with Gasteiger partial charge in [-0.3, -0.25) is 14.4 Å². The van der Waals surface area contributed by atoms with Crippen LogP contribution in [0.25, 0.3) is 22.4 Å². The zero-order valence-corrected chi connectivity index (χ0v) is 24.0. The number of hydrogen-bond donors (Lipinski definition) is 3. The highest BCUT2D eigenvalue weighted by atomic mass is 35.5. The minimum absolute atomic E-state index is 0.0703. The molecular formula is C29H27Cl2N5O5. The number of aliphatic carboxylic acids is 1. The van der Waals surface area contributed by atoms with Gasteiger partial charge in [0.05, 0.1) is 34.5 Å². The number of benzene rings is 2. The minimum Gasteiger partial charge on any atom is -0.481 e. The first-order valence-electron chi connectivity index (χ1n) is 12.5. The Morgan fingerprint density at radius 1 is 1.02 bits per heavy atom. The van der Waals surface area contributed by atoms with E-state index >= 15 is 0 Å². The number of anilines is 1. The fourth-order valence-corrected chi connectivity index (χ4v) is 4.68. The van der Waals surface area contributed by atoms with E-state index in [4.69, 9.17) is 33.0 Å². The lowest BCUT2D eigenvalue weighted by Crippen LogP contribution is -2.28. The van der Waals surface area contributed by atoms with E-state index < -0.39 is 23.4 Å². The molecule has 0 spiro atoms. The normalized spacial score (nSPS) is 11.6. The van der Waals surface area contributed by atoms with Gasteiger partial charge in [-0.05, 0) is 18.2 Å². The summed E-state index contributed by atoms with van der Waals surface area (Å²) in [6, 6.07) is 15.5. The summed E-state index contributed by atoms with van der Waals surface area (Å²) in [6.07, 6.45) is 1.37. The highest BCUT2D eigenvalue weighted by molar-refractivity contribution is 6.39. The molecule has 0 aliphatic heterocycles. The summed E-state index contributed by atoms with van der Waals surface area (Å²) in [5.41, 5.74) is 2.84. The Kier molecular flexibility index (Phi) is 9.38. The standard InChI is InChI=1S/C29H27Cl2N5O5/c1-16(29(39)40)14-32-15-17-10-11-22(35-27(17)41-3)20-8-4-6-18(24(20)30)19-7-5-9-23(25(19)31)34-26(37)21-12-13-33-36(2)28(21)38/h4-13,16,32H,14-15H2,1-3H3,(H,34,37)(H,39,40)/t16-/m0/s1. The minimum atomic E-state index is -0.875. The van der Waals surface area contributed by atoms with Crippen LogP contribution in [0.3, 0.4) is 0 Å². The highest BCUT2D eigenvalue weighted by Crippen LogP contribution is 2.41. The Morgan fingerprint density at radius 3 is 2.41 bits per heavy atom. The number of aryl methyl sites for hydroxylation is 1. The molecule has 41 heavy (non-hydrogen) atoms. The quantitative estimate of drug-likeness (QED) is 0.236. The SMILES string of the molecule is COc1nc(-c2cccc(-c3cccc(NC(=O)c4ccnn(C)c4=O)c3Cl)c2Cl)ccc1CNC[C@H](C)C(=O)O. The molecule has 0 bridgehead atoms. The van der Waals surface area contributed by atoms with Gasteiger partial charge >= 0.3 is 5.97 Å². The number of nitrogens with zero attached hydrogens (tertiary/aromatic N) is 3. The van der Waals surface area contributed by atoms with E-state index in [2.05, 4.69) is 20.7 Å². The predicted octanol–water partition coefficient (Wildman–Crippen LogP) is 4.89. The number of amides is 1. The van der Waals surface area contributed by atoms with E-state index in [9.17, 15) is 14.4 Å². The topological polar surface area (TPSA) is 135 Å². The van der Waals surface area contributed by atoms with Crippen molar-refractivity contribution in [3.63, 3.8) is 0 Å². The number of halogens is 2. The van der Waals surface area contributed by atoms with Gasteiger partial charge in [0.25, 0.3) is 11.5 Å². The fourth-order valence-electron chi connectivity index (χ4n) is 4.08. The van der Waals surface area contributed by atoms with Crippen molar-refractivity contribution in [3.05, 3.63) is 92.3 Å². The third-order valence-corrected chi connectivity index (χ3v) is 7.20. The van der Waals surface area contributed by atoms with Crippen LogP contribution in [0.1, 0.15) is 22.8 Å². The first kappa shape index (κ1) is 29.7. The van der Waals surface area contributed by atoms with Crippen molar-refractivity contribution in [1.29, 1.82) is 0 Å². The first-order valence-corrected chi connectivity index (χ1v) is 13.3. The number of aromatic nitrogens is 3. The van der Waals surface area contributed by atoms with Crippen LogP contribution in [0, 0.1) is 5.92 Å². The van der Waals surface area contributed by atoms with Crippen LogP contribution < -0.4 is 20.9 Å². The zero-order chi connectivity index (χ0) is 29.7. The molecule has 3 N–H and O–H groups in total. The molecule has 212 valence electrons. The molecule has 1 atom stereocenters. The Balaban J connectivity index is 1.62. The smallest absolute Gasteiger partial charge is 0.307 e. The average molecular weight is 596 g/mol. The molecule has 0 aliphatic rings. The molecule has 0 aliphatic carbocycles. The van der Waals surface area contributed by atoms with Crippen molar-refractivity contribution in [3.8, 4) is 28.3 Å². The number of carboxylic acids is 1. The summed E-state index contributed by atoms with van der Waals surface area (Å²) >= 11 is 13.6. The number of ether oxygens (including phenoxy) is 1. The summed E-state index contributed by atoms with van der Waals surface area (Å²) in [4.78, 5) is 40.8. The number of methoxy groups -OCH3 is 1. The summed E-state index contributed by atoms with van der Waals surface area (Å²) < 4.78 is 6.57. The summed E-state index contributed by atoms with van der Waals surface area (Å²) in [5.74, 6) is -1.64. The van der Waals surface area contributed by atoms with E-state index in [0.29, 0.717) is 52.1 Å². The van der Waals surface area contributed by atoms with Crippen LogP contribution >= 0.6 is 23.2 Å². The number of pyridine rings is 1. The van der Waals surface area contributed by atoms with Gasteiger partial charge in [-0.25, -0.2) is 9.67 Å². The molecule has 1 amide bonds. The van der Waals surface area contributed by atoms with E-state index in [0.717, 1.165) is 10.2 Å². The number of carbonyl (C=O) groups is 2. The van der Waals surface area contributed by atoms with Crippen LogP contribution in [0.2, 0.25) is 10.0 Å². The van der Waals surface area contributed by atoms with Crippen LogP contribution in [0.5, 0.6) is 5.88 Å². The third kappa shape index (κ3) is 6.57. The van der Waals surface area contributed by atoms with Gasteiger partial charge in [-0.15, -0.1) is 0 Å². The van der Waals surface area contributed by atoms with Crippen LogP contribution in [0.15, 0.2) is 65.6 Å². The van der Waals surface area contributed by atoms with E-state index in [1.165, 1.54) is 26.4 Å². The molecule has 4 aromatic rings. The van der Waals surface area contributed by atoms with E-state index in [1.807, 2.05) is 18.2 Å². The lowest BCUT2D eigenvalue weighted by Gasteiger charge is -2.15. The third-order valence-electron chi connectivity index (χ3n) is 6.38. The molecular weight excluding hydrogens is 569 g/mol. The maximum atomic E-state index is 12.8. The van der Waals surface area contributed by atoms with Gasteiger partial charge in [-0.2, -0.15) is 5.10 Å². The van der Waals surface area contributed by atoms with Gasteiger partial charge in [0, 0.05) is 48.6 Å². The maximum absolute atomic E-state index is 12.8. The van der Waals surface area contributed by atoms with Crippen molar-refractivity contribution in [1.82, 2.24) is 20.1 Å². The highest BCUT2D eigenvalue weighted by Gasteiger charge is 2.19. The van der Waals surface area contributed by atoms with Gasteiger partial charge in [-0.1, -0.05) is 66.5 Å². The van der Waals surface area contributed by atoms with Crippen LogP contribution in [-0.4, -0.2) is 45.4 Å². The van der Waals surface area contributed by atoms with Crippen LogP contribution in [0.4, 0.5) is 5.69 Å². The van der Waals surface area contributed by atoms with Gasteiger partial charge < -0.3 is 20.5 Å². The first-order chi connectivity index (χ1) is 19.6. The number of hydrogen-bond acceptors (Lipinski definition) is 7. The van der Waals surface area contributed by atoms with Crippen molar-refractivity contribution in [2.45, 2.75) is 13.5 Å². The summed E-state index contributed by atoms with van der Waals surface area (Å²) in [7, 11) is 2.97. The second-order valence-electron chi connectivity index (χ2n) is 9.20. The second kappa shape index (κ2) is 12.9. The summed E-state index contributed by atoms with van der Waals surface area (Å²) in [5, 5.41) is 19.3. The average Bonchev–Trinajstić information content (AvgIpc) is 2.96. The molecule has 2 aromatic heterocycles. The van der Waals surface area contributed by atoms with Crippen molar-refractivity contribution in [2.24, 2.45) is 13.0 Å². The van der Waals surface area contributed by atoms with Gasteiger partial charge in [0.2, 0.25) is 5.88 Å².